The first kappa shape index (κ1) is 13.6. The Morgan fingerprint density at radius 3 is 2.74 bits per heavy atom. The summed E-state index contributed by atoms with van der Waals surface area (Å²) in [5, 5.41) is 14.3. The van der Waals surface area contributed by atoms with E-state index in [0.29, 0.717) is 5.69 Å². The number of para-hydroxylation sites is 1. The third kappa shape index (κ3) is 2.80. The van der Waals surface area contributed by atoms with Gasteiger partial charge in [-0.05, 0) is 30.4 Å². The highest BCUT2D eigenvalue weighted by molar-refractivity contribution is 5.77. The molecule has 0 saturated carbocycles. The second-order valence-corrected chi connectivity index (χ2v) is 5.87. The van der Waals surface area contributed by atoms with Crippen molar-refractivity contribution < 1.29 is 4.92 Å². The van der Waals surface area contributed by atoms with Gasteiger partial charge in [0, 0.05) is 20.1 Å². The first-order chi connectivity index (χ1) is 8.94. The molecule has 1 aromatic rings. The molecule has 19 heavy (non-hydrogen) atoms. The van der Waals surface area contributed by atoms with E-state index in [1.165, 1.54) is 6.42 Å². The van der Waals surface area contributed by atoms with E-state index in [1.807, 2.05) is 12.1 Å². The number of hydrogen-bond acceptors (Lipinski definition) is 4. The molecule has 1 aliphatic heterocycles. The molecule has 1 aromatic carbocycles. The van der Waals surface area contributed by atoms with Crippen molar-refractivity contribution in [2.75, 3.05) is 30.4 Å². The van der Waals surface area contributed by atoms with Gasteiger partial charge in [-0.25, -0.2) is 0 Å². The van der Waals surface area contributed by atoms with Gasteiger partial charge in [0.2, 0.25) is 0 Å². The molecule has 0 amide bonds. The number of piperidine rings is 1. The van der Waals surface area contributed by atoms with Crippen molar-refractivity contribution in [3.8, 4) is 0 Å². The highest BCUT2D eigenvalue weighted by Gasteiger charge is 2.31. The molecule has 0 bridgehead atoms. The van der Waals surface area contributed by atoms with Crippen molar-refractivity contribution >= 4 is 17.1 Å². The van der Waals surface area contributed by atoms with E-state index in [9.17, 15) is 10.1 Å². The lowest BCUT2D eigenvalue weighted by Crippen LogP contribution is -2.40. The smallest absolute Gasteiger partial charge is 0.315 e. The zero-order valence-corrected chi connectivity index (χ0v) is 11.8. The molecule has 1 saturated heterocycles. The lowest BCUT2D eigenvalue weighted by atomic mass is 9.84. The molecule has 1 heterocycles. The lowest BCUT2D eigenvalue weighted by molar-refractivity contribution is -0.383. The Morgan fingerprint density at radius 2 is 2.16 bits per heavy atom. The SMILES string of the molecule is CNc1cccc(N2CCCC(C)(C)C2)c1[N+](=O)[O-]. The number of hydrogen-bond donors (Lipinski definition) is 1. The van der Waals surface area contributed by atoms with Crippen molar-refractivity contribution in [3.05, 3.63) is 28.3 Å². The van der Waals surface area contributed by atoms with Gasteiger partial charge < -0.3 is 10.2 Å². The van der Waals surface area contributed by atoms with E-state index in [4.69, 9.17) is 0 Å². The summed E-state index contributed by atoms with van der Waals surface area (Å²) in [5.41, 5.74) is 1.69. The molecule has 104 valence electrons. The number of nitrogens with zero attached hydrogens (tertiary/aromatic N) is 2. The van der Waals surface area contributed by atoms with Gasteiger partial charge in [-0.1, -0.05) is 19.9 Å². The number of rotatable bonds is 3. The monoisotopic (exact) mass is 263 g/mol. The van der Waals surface area contributed by atoms with Crippen LogP contribution in [0.5, 0.6) is 0 Å². The fourth-order valence-corrected chi connectivity index (χ4v) is 2.81. The topological polar surface area (TPSA) is 58.4 Å². The summed E-state index contributed by atoms with van der Waals surface area (Å²) in [4.78, 5) is 13.2. The van der Waals surface area contributed by atoms with Gasteiger partial charge in [-0.15, -0.1) is 0 Å². The summed E-state index contributed by atoms with van der Waals surface area (Å²) in [6.07, 6.45) is 2.25. The van der Waals surface area contributed by atoms with E-state index in [2.05, 4.69) is 24.1 Å². The van der Waals surface area contributed by atoms with Crippen molar-refractivity contribution in [2.24, 2.45) is 5.41 Å². The minimum Gasteiger partial charge on any atom is -0.382 e. The van der Waals surface area contributed by atoms with Crippen LogP contribution in [0.4, 0.5) is 17.1 Å². The van der Waals surface area contributed by atoms with Gasteiger partial charge in [-0.2, -0.15) is 0 Å². The van der Waals surface area contributed by atoms with Crippen molar-refractivity contribution in [2.45, 2.75) is 26.7 Å². The molecule has 0 spiro atoms. The van der Waals surface area contributed by atoms with Crippen LogP contribution >= 0.6 is 0 Å². The van der Waals surface area contributed by atoms with Crippen LogP contribution in [0.1, 0.15) is 26.7 Å². The minimum atomic E-state index is -0.289. The summed E-state index contributed by atoms with van der Waals surface area (Å²) in [5.74, 6) is 0. The molecule has 0 radical (unpaired) electrons. The van der Waals surface area contributed by atoms with Crippen molar-refractivity contribution in [1.82, 2.24) is 0 Å². The molecule has 5 heteroatoms. The predicted octanol–water partition coefficient (Wildman–Crippen LogP) is 3.26. The van der Waals surface area contributed by atoms with Crippen LogP contribution in [0.2, 0.25) is 0 Å². The Hall–Kier alpha value is -1.78. The summed E-state index contributed by atoms with van der Waals surface area (Å²) >= 11 is 0. The van der Waals surface area contributed by atoms with E-state index in [-0.39, 0.29) is 16.0 Å². The first-order valence-electron chi connectivity index (χ1n) is 6.65. The first-order valence-corrected chi connectivity index (χ1v) is 6.65. The quantitative estimate of drug-likeness (QED) is 0.671. The zero-order chi connectivity index (χ0) is 14.0. The van der Waals surface area contributed by atoms with Crippen molar-refractivity contribution in [1.29, 1.82) is 0 Å². The largest absolute Gasteiger partial charge is 0.382 e. The van der Waals surface area contributed by atoms with Crippen LogP contribution in [-0.4, -0.2) is 25.1 Å². The minimum absolute atomic E-state index is 0.183. The van der Waals surface area contributed by atoms with E-state index >= 15 is 0 Å². The lowest BCUT2D eigenvalue weighted by Gasteiger charge is -2.39. The van der Waals surface area contributed by atoms with Crippen LogP contribution in [0.15, 0.2) is 18.2 Å². The van der Waals surface area contributed by atoms with Gasteiger partial charge >= 0.3 is 5.69 Å². The maximum atomic E-state index is 11.3. The standard InChI is InChI=1S/C14H21N3O2/c1-14(2)8-5-9-16(10-14)12-7-4-6-11(15-3)13(12)17(18)19/h4,6-7,15H,5,8-10H2,1-3H3. The Morgan fingerprint density at radius 1 is 1.42 bits per heavy atom. The fraction of sp³-hybridized carbons (Fsp3) is 0.571. The molecule has 1 N–H and O–H groups in total. The summed E-state index contributed by atoms with van der Waals surface area (Å²) in [6.45, 7) is 6.18. The van der Waals surface area contributed by atoms with Gasteiger partial charge in [0.25, 0.3) is 0 Å². The van der Waals surface area contributed by atoms with Gasteiger partial charge in [-0.3, -0.25) is 10.1 Å². The highest BCUT2D eigenvalue weighted by Crippen LogP contribution is 2.39. The third-order valence-corrected chi connectivity index (χ3v) is 3.71. The molecule has 0 aliphatic carbocycles. The third-order valence-electron chi connectivity index (χ3n) is 3.71. The summed E-state index contributed by atoms with van der Waals surface area (Å²) in [6, 6.07) is 5.47. The molecular weight excluding hydrogens is 242 g/mol. The maximum Gasteiger partial charge on any atom is 0.315 e. The molecule has 1 fully saturated rings. The van der Waals surface area contributed by atoms with Gasteiger partial charge in [0.1, 0.15) is 11.4 Å². The predicted molar refractivity (Wildman–Crippen MR) is 77.9 cm³/mol. The number of benzene rings is 1. The zero-order valence-electron chi connectivity index (χ0n) is 11.8. The second-order valence-electron chi connectivity index (χ2n) is 5.87. The molecule has 0 aromatic heterocycles. The number of nitro groups is 1. The number of nitrogens with one attached hydrogen (secondary N) is 1. The van der Waals surface area contributed by atoms with Crippen LogP contribution in [-0.2, 0) is 0 Å². The summed E-state index contributed by atoms with van der Waals surface area (Å²) < 4.78 is 0. The van der Waals surface area contributed by atoms with Crippen LogP contribution < -0.4 is 10.2 Å². The summed E-state index contributed by atoms with van der Waals surface area (Å²) in [7, 11) is 1.71. The number of anilines is 2. The van der Waals surface area contributed by atoms with E-state index < -0.39 is 0 Å². The molecule has 0 unspecified atom stereocenters. The second kappa shape index (κ2) is 5.07. The molecule has 2 rings (SSSR count). The van der Waals surface area contributed by atoms with Crippen LogP contribution in [0.25, 0.3) is 0 Å². The average molecular weight is 263 g/mol. The van der Waals surface area contributed by atoms with E-state index in [1.54, 1.807) is 13.1 Å². The average Bonchev–Trinajstić information content (AvgIpc) is 2.36. The molecule has 1 aliphatic rings. The highest BCUT2D eigenvalue weighted by atomic mass is 16.6. The maximum absolute atomic E-state index is 11.3. The Labute approximate surface area is 113 Å². The normalized spacial score (nSPS) is 18.2. The number of nitro benzene ring substituents is 1. The molecule has 0 atom stereocenters. The van der Waals surface area contributed by atoms with E-state index in [0.717, 1.165) is 25.2 Å². The molecule has 5 nitrogen and oxygen atoms in total. The van der Waals surface area contributed by atoms with Crippen LogP contribution in [0, 0.1) is 15.5 Å². The Balaban J connectivity index is 2.41. The van der Waals surface area contributed by atoms with Crippen LogP contribution in [0.3, 0.4) is 0 Å². The fourth-order valence-electron chi connectivity index (χ4n) is 2.81. The van der Waals surface area contributed by atoms with Gasteiger partial charge in [0.15, 0.2) is 0 Å². The Kier molecular flexibility index (Phi) is 3.64. The van der Waals surface area contributed by atoms with Crippen molar-refractivity contribution in [3.63, 3.8) is 0 Å². The molecular formula is C14H21N3O2. The Bertz CT molecular complexity index is 486. The van der Waals surface area contributed by atoms with Gasteiger partial charge in [0.05, 0.1) is 4.92 Å².